The number of ether oxygens (including phenoxy) is 1. The first kappa shape index (κ1) is 10.5. The predicted octanol–water partition coefficient (Wildman–Crippen LogP) is 2.60. The fraction of sp³-hybridized carbons (Fsp3) is 0.250. The molecule has 0 saturated carbocycles. The minimum atomic E-state index is 0.129. The van der Waals surface area contributed by atoms with Crippen LogP contribution in [0.3, 0.4) is 0 Å². The topological polar surface area (TPSA) is 26.3 Å². The Kier molecular flexibility index (Phi) is 3.92. The zero-order valence-corrected chi connectivity index (χ0v) is 8.36. The summed E-state index contributed by atoms with van der Waals surface area (Å²) < 4.78 is 5.56. The Balaban J connectivity index is 2.90. The van der Waals surface area contributed by atoms with E-state index in [1.54, 1.807) is 12.4 Å². The molecule has 0 N–H and O–H groups in total. The van der Waals surface area contributed by atoms with Crippen molar-refractivity contribution in [3.8, 4) is 5.75 Å². The van der Waals surface area contributed by atoms with Gasteiger partial charge in [0.2, 0.25) is 6.29 Å². The minimum absolute atomic E-state index is 0.129. The molecule has 0 bridgehead atoms. The Morgan fingerprint density at radius 2 is 2.07 bits per heavy atom. The normalized spacial score (nSPS) is 10.8. The molecule has 0 spiro atoms. The van der Waals surface area contributed by atoms with Gasteiger partial charge in [-0.3, -0.25) is 4.79 Å². The van der Waals surface area contributed by atoms with Gasteiger partial charge in [-0.2, -0.15) is 0 Å². The van der Waals surface area contributed by atoms with E-state index in [1.165, 1.54) is 6.08 Å². The molecule has 1 rings (SSSR count). The maximum absolute atomic E-state index is 10.1. The van der Waals surface area contributed by atoms with Crippen LogP contribution in [0.5, 0.6) is 5.75 Å². The molecule has 1 aromatic rings. The Labute approximate surface area is 84.2 Å². The summed E-state index contributed by atoms with van der Waals surface area (Å²) in [4.78, 5) is 10.1. The number of hydrogen-bond donors (Lipinski definition) is 0. The summed E-state index contributed by atoms with van der Waals surface area (Å²) in [6.07, 6.45) is 4.86. The largest absolute Gasteiger partial charge is 0.490 e. The molecule has 1 aromatic carbocycles. The molecule has 14 heavy (non-hydrogen) atoms. The van der Waals surface area contributed by atoms with Crippen LogP contribution in [-0.4, -0.2) is 12.4 Å². The second kappa shape index (κ2) is 5.22. The van der Waals surface area contributed by atoms with Gasteiger partial charge in [-0.05, 0) is 32.1 Å². The third-order valence-corrected chi connectivity index (χ3v) is 1.61. The van der Waals surface area contributed by atoms with Crippen LogP contribution in [0.25, 0.3) is 6.08 Å². The molecule has 0 aliphatic rings. The summed E-state index contributed by atoms with van der Waals surface area (Å²) in [6, 6.07) is 7.58. The number of para-hydroxylation sites is 1. The molecule has 0 unspecified atom stereocenters. The van der Waals surface area contributed by atoms with Gasteiger partial charge in [-0.15, -0.1) is 0 Å². The summed E-state index contributed by atoms with van der Waals surface area (Å²) in [5.41, 5.74) is 0.893. The molecule has 0 aliphatic heterocycles. The summed E-state index contributed by atoms with van der Waals surface area (Å²) in [6.45, 7) is 3.93. The van der Waals surface area contributed by atoms with Crippen LogP contribution in [0, 0.1) is 0 Å². The molecule has 0 atom stereocenters. The molecule has 2 heteroatoms. The predicted molar refractivity (Wildman–Crippen MR) is 56.9 cm³/mol. The third-order valence-electron chi connectivity index (χ3n) is 1.61. The lowest BCUT2D eigenvalue weighted by atomic mass is 10.2. The Morgan fingerprint density at radius 3 is 2.71 bits per heavy atom. The minimum Gasteiger partial charge on any atom is -0.490 e. The van der Waals surface area contributed by atoms with Gasteiger partial charge in [0.15, 0.2) is 0 Å². The van der Waals surface area contributed by atoms with Gasteiger partial charge in [-0.1, -0.05) is 18.2 Å². The van der Waals surface area contributed by atoms with Crippen LogP contribution >= 0.6 is 0 Å². The molecule has 0 aliphatic carbocycles. The first-order valence-corrected chi connectivity index (χ1v) is 4.54. The van der Waals surface area contributed by atoms with Crippen LogP contribution < -0.4 is 4.74 Å². The van der Waals surface area contributed by atoms with Crippen molar-refractivity contribution in [2.45, 2.75) is 20.0 Å². The van der Waals surface area contributed by atoms with Gasteiger partial charge in [0.1, 0.15) is 5.75 Å². The van der Waals surface area contributed by atoms with E-state index in [0.717, 1.165) is 11.3 Å². The van der Waals surface area contributed by atoms with E-state index in [9.17, 15) is 4.79 Å². The van der Waals surface area contributed by atoms with E-state index >= 15 is 0 Å². The highest BCUT2D eigenvalue weighted by atomic mass is 16.5. The molecular formula is C12H13O2. The molecule has 2 nitrogen and oxygen atoms in total. The summed E-state index contributed by atoms with van der Waals surface area (Å²) in [5.74, 6) is 0.786. The Hall–Kier alpha value is -1.57. The van der Waals surface area contributed by atoms with Gasteiger partial charge >= 0.3 is 0 Å². The number of benzene rings is 1. The van der Waals surface area contributed by atoms with Gasteiger partial charge in [0.05, 0.1) is 6.10 Å². The van der Waals surface area contributed by atoms with Crippen molar-refractivity contribution in [1.29, 1.82) is 0 Å². The molecule has 1 radical (unpaired) electrons. The molecule has 0 fully saturated rings. The Bertz CT molecular complexity index is 327. The van der Waals surface area contributed by atoms with E-state index < -0.39 is 0 Å². The number of allylic oxidation sites excluding steroid dienone is 1. The lowest BCUT2D eigenvalue weighted by Crippen LogP contribution is -2.06. The van der Waals surface area contributed by atoms with E-state index in [1.807, 2.05) is 38.1 Å². The van der Waals surface area contributed by atoms with Crippen LogP contribution in [-0.2, 0) is 4.79 Å². The van der Waals surface area contributed by atoms with E-state index in [0.29, 0.717) is 0 Å². The zero-order chi connectivity index (χ0) is 10.4. The molecule has 0 amide bonds. The third kappa shape index (κ3) is 3.05. The van der Waals surface area contributed by atoms with Crippen LogP contribution in [0.1, 0.15) is 19.4 Å². The van der Waals surface area contributed by atoms with Gasteiger partial charge < -0.3 is 4.74 Å². The molecule has 73 valence electrons. The first-order chi connectivity index (χ1) is 6.74. The summed E-state index contributed by atoms with van der Waals surface area (Å²) >= 11 is 0. The fourth-order valence-corrected chi connectivity index (χ4v) is 1.10. The van der Waals surface area contributed by atoms with Crippen molar-refractivity contribution in [3.05, 3.63) is 35.9 Å². The Morgan fingerprint density at radius 1 is 1.36 bits per heavy atom. The van der Waals surface area contributed by atoms with Crippen molar-refractivity contribution in [2.24, 2.45) is 0 Å². The highest BCUT2D eigenvalue weighted by molar-refractivity contribution is 5.75. The second-order valence-electron chi connectivity index (χ2n) is 3.16. The number of rotatable bonds is 4. The van der Waals surface area contributed by atoms with Crippen LogP contribution in [0.4, 0.5) is 0 Å². The second-order valence-corrected chi connectivity index (χ2v) is 3.16. The average molecular weight is 189 g/mol. The van der Waals surface area contributed by atoms with Gasteiger partial charge in [0, 0.05) is 5.56 Å². The van der Waals surface area contributed by atoms with Crippen molar-refractivity contribution >= 4 is 12.4 Å². The summed E-state index contributed by atoms with van der Waals surface area (Å²) in [7, 11) is 0. The quantitative estimate of drug-likeness (QED) is 0.680. The van der Waals surface area contributed by atoms with Gasteiger partial charge in [0.25, 0.3) is 0 Å². The number of hydrogen-bond acceptors (Lipinski definition) is 2. The maximum atomic E-state index is 10.1. The lowest BCUT2D eigenvalue weighted by Gasteiger charge is -2.11. The highest BCUT2D eigenvalue weighted by Gasteiger charge is 2.01. The van der Waals surface area contributed by atoms with Crippen LogP contribution in [0.2, 0.25) is 0 Å². The van der Waals surface area contributed by atoms with Crippen molar-refractivity contribution < 1.29 is 9.53 Å². The summed E-state index contributed by atoms with van der Waals surface area (Å²) in [5, 5.41) is 0. The van der Waals surface area contributed by atoms with Crippen molar-refractivity contribution in [2.75, 3.05) is 0 Å². The van der Waals surface area contributed by atoms with E-state index in [-0.39, 0.29) is 6.10 Å². The highest BCUT2D eigenvalue weighted by Crippen LogP contribution is 2.20. The van der Waals surface area contributed by atoms with Crippen LogP contribution in [0.15, 0.2) is 30.3 Å². The zero-order valence-electron chi connectivity index (χ0n) is 8.36. The molecule has 0 saturated heterocycles. The molecule has 0 aromatic heterocycles. The van der Waals surface area contributed by atoms with E-state index in [2.05, 4.69) is 0 Å². The van der Waals surface area contributed by atoms with Gasteiger partial charge in [-0.25, -0.2) is 0 Å². The van der Waals surface area contributed by atoms with E-state index in [4.69, 9.17) is 4.74 Å². The lowest BCUT2D eigenvalue weighted by molar-refractivity contribution is 0.242. The van der Waals surface area contributed by atoms with Crippen molar-refractivity contribution in [1.82, 2.24) is 0 Å². The first-order valence-electron chi connectivity index (χ1n) is 4.54. The molecule has 0 heterocycles. The standard InChI is InChI=1S/C12H13O2/c1-10(2)14-12-8-4-3-6-11(12)7-5-9-13/h3-8,10H,1-2H3/b7-5+. The molecular weight excluding hydrogens is 176 g/mol. The average Bonchev–Trinajstić information content (AvgIpc) is 2.16. The number of carbonyl (C=O) groups excluding carboxylic acids is 1. The maximum Gasteiger partial charge on any atom is 0.225 e. The smallest absolute Gasteiger partial charge is 0.225 e. The SMILES string of the molecule is CC(C)Oc1ccccc1/C=C/[C]=O. The monoisotopic (exact) mass is 189 g/mol. The van der Waals surface area contributed by atoms with Crippen molar-refractivity contribution in [3.63, 3.8) is 0 Å². The fourth-order valence-electron chi connectivity index (χ4n) is 1.10.